The van der Waals surface area contributed by atoms with Gasteiger partial charge in [0.2, 0.25) is 0 Å². The summed E-state index contributed by atoms with van der Waals surface area (Å²) in [4.78, 5) is 2.47. The molecule has 1 N–H and O–H groups in total. The zero-order valence-electron chi connectivity index (χ0n) is 12.2. The van der Waals surface area contributed by atoms with E-state index in [4.69, 9.17) is 5.21 Å². The van der Waals surface area contributed by atoms with Gasteiger partial charge >= 0.3 is 0 Å². The second-order valence-corrected chi connectivity index (χ2v) is 5.60. The second kappa shape index (κ2) is 6.20. The molecule has 3 heteroatoms. The van der Waals surface area contributed by atoms with Crippen molar-refractivity contribution >= 4 is 5.71 Å². The molecule has 1 aromatic carbocycles. The van der Waals surface area contributed by atoms with Crippen LogP contribution in [0, 0.1) is 19.8 Å². The standard InChI is InChI=1S/C16H24N2O/c1-4-15-11-18(8-7-16(15)17-19)10-14-6-5-12(2)13(3)9-14/h5-6,9,15,19H,4,7-8,10-11H2,1-3H3/b17-16+. The van der Waals surface area contributed by atoms with Crippen molar-refractivity contribution in [1.29, 1.82) is 0 Å². The summed E-state index contributed by atoms with van der Waals surface area (Å²) in [7, 11) is 0. The summed E-state index contributed by atoms with van der Waals surface area (Å²) < 4.78 is 0. The van der Waals surface area contributed by atoms with Gasteiger partial charge in [0, 0.05) is 32.0 Å². The third-order valence-corrected chi connectivity index (χ3v) is 4.23. The van der Waals surface area contributed by atoms with Gasteiger partial charge in [0.15, 0.2) is 0 Å². The summed E-state index contributed by atoms with van der Waals surface area (Å²) in [6.07, 6.45) is 1.93. The van der Waals surface area contributed by atoms with Gasteiger partial charge in [0.05, 0.1) is 5.71 Å². The molecular weight excluding hydrogens is 236 g/mol. The van der Waals surface area contributed by atoms with Crippen molar-refractivity contribution in [2.24, 2.45) is 11.1 Å². The zero-order valence-corrected chi connectivity index (χ0v) is 12.2. The molecule has 1 unspecified atom stereocenters. The Hall–Kier alpha value is -1.35. The lowest BCUT2D eigenvalue weighted by molar-refractivity contribution is 0.220. The van der Waals surface area contributed by atoms with E-state index >= 15 is 0 Å². The van der Waals surface area contributed by atoms with Crippen molar-refractivity contribution in [2.45, 2.75) is 40.2 Å². The number of likely N-dealkylation sites (tertiary alicyclic amines) is 1. The molecule has 0 saturated carbocycles. The number of oxime groups is 1. The molecule has 19 heavy (non-hydrogen) atoms. The van der Waals surface area contributed by atoms with E-state index < -0.39 is 0 Å². The number of hydrogen-bond acceptors (Lipinski definition) is 3. The van der Waals surface area contributed by atoms with Gasteiger partial charge in [0.25, 0.3) is 0 Å². The molecule has 0 bridgehead atoms. The van der Waals surface area contributed by atoms with Gasteiger partial charge in [-0.2, -0.15) is 0 Å². The van der Waals surface area contributed by atoms with Crippen molar-refractivity contribution in [3.63, 3.8) is 0 Å². The van der Waals surface area contributed by atoms with Crippen LogP contribution in [-0.2, 0) is 6.54 Å². The lowest BCUT2D eigenvalue weighted by Crippen LogP contribution is -2.40. The van der Waals surface area contributed by atoms with Crippen molar-refractivity contribution in [3.05, 3.63) is 34.9 Å². The maximum absolute atomic E-state index is 9.00. The SMILES string of the molecule is CCC1CN(Cc2ccc(C)c(C)c2)CC/C1=N\O. The molecule has 0 amide bonds. The van der Waals surface area contributed by atoms with Crippen LogP contribution in [0.4, 0.5) is 0 Å². The monoisotopic (exact) mass is 260 g/mol. The molecule has 0 aliphatic carbocycles. The third kappa shape index (κ3) is 3.35. The highest BCUT2D eigenvalue weighted by molar-refractivity contribution is 5.87. The molecular formula is C16H24N2O. The topological polar surface area (TPSA) is 35.8 Å². The fourth-order valence-electron chi connectivity index (χ4n) is 2.79. The van der Waals surface area contributed by atoms with Crippen molar-refractivity contribution in [2.75, 3.05) is 13.1 Å². The Morgan fingerprint density at radius 3 is 2.74 bits per heavy atom. The maximum atomic E-state index is 9.00. The van der Waals surface area contributed by atoms with E-state index in [1.54, 1.807) is 0 Å². The number of piperidine rings is 1. The summed E-state index contributed by atoms with van der Waals surface area (Å²) in [5.41, 5.74) is 5.06. The predicted molar refractivity (Wildman–Crippen MR) is 78.8 cm³/mol. The molecule has 104 valence electrons. The van der Waals surface area contributed by atoms with E-state index in [0.29, 0.717) is 5.92 Å². The highest BCUT2D eigenvalue weighted by Gasteiger charge is 2.24. The predicted octanol–water partition coefficient (Wildman–Crippen LogP) is 3.37. The largest absolute Gasteiger partial charge is 0.411 e. The van der Waals surface area contributed by atoms with Gasteiger partial charge in [-0.25, -0.2) is 0 Å². The molecule has 3 nitrogen and oxygen atoms in total. The van der Waals surface area contributed by atoms with Gasteiger partial charge in [0.1, 0.15) is 0 Å². The van der Waals surface area contributed by atoms with E-state index in [9.17, 15) is 0 Å². The van der Waals surface area contributed by atoms with Crippen LogP contribution in [-0.4, -0.2) is 28.9 Å². The minimum Gasteiger partial charge on any atom is -0.411 e. The van der Waals surface area contributed by atoms with E-state index in [1.165, 1.54) is 16.7 Å². The summed E-state index contributed by atoms with van der Waals surface area (Å²) in [6, 6.07) is 6.71. The third-order valence-electron chi connectivity index (χ3n) is 4.23. The zero-order chi connectivity index (χ0) is 13.8. The van der Waals surface area contributed by atoms with Gasteiger partial charge in [-0.1, -0.05) is 30.3 Å². The quantitative estimate of drug-likeness (QED) is 0.668. The molecule has 0 aromatic heterocycles. The first-order chi connectivity index (χ1) is 9.13. The van der Waals surface area contributed by atoms with Crippen LogP contribution in [0.3, 0.4) is 0 Å². The molecule has 1 aliphatic heterocycles. The Labute approximate surface area is 115 Å². The molecule has 1 aromatic rings. The van der Waals surface area contributed by atoms with E-state index in [1.807, 2.05) is 0 Å². The lowest BCUT2D eigenvalue weighted by Gasteiger charge is -2.32. The number of aryl methyl sites for hydroxylation is 2. The number of benzene rings is 1. The Morgan fingerprint density at radius 2 is 2.11 bits per heavy atom. The Kier molecular flexibility index (Phi) is 4.59. The van der Waals surface area contributed by atoms with Crippen LogP contribution in [0.15, 0.2) is 23.4 Å². The average Bonchev–Trinajstić information content (AvgIpc) is 2.43. The van der Waals surface area contributed by atoms with Crippen molar-refractivity contribution in [1.82, 2.24) is 4.90 Å². The Balaban J connectivity index is 2.02. The van der Waals surface area contributed by atoms with Gasteiger partial charge < -0.3 is 5.21 Å². The minimum atomic E-state index is 0.408. The van der Waals surface area contributed by atoms with Crippen molar-refractivity contribution in [3.8, 4) is 0 Å². The molecule has 0 spiro atoms. The van der Waals surface area contributed by atoms with E-state index in [0.717, 1.165) is 38.2 Å². The van der Waals surface area contributed by atoms with Crippen LogP contribution in [0.5, 0.6) is 0 Å². The summed E-state index contributed by atoms with van der Waals surface area (Å²) in [5.74, 6) is 0.408. The first-order valence-corrected chi connectivity index (χ1v) is 7.13. The number of nitrogens with zero attached hydrogens (tertiary/aromatic N) is 2. The smallest absolute Gasteiger partial charge is 0.0627 e. The number of rotatable bonds is 3. The van der Waals surface area contributed by atoms with E-state index in [-0.39, 0.29) is 0 Å². The van der Waals surface area contributed by atoms with E-state index in [2.05, 4.69) is 49.0 Å². The first-order valence-electron chi connectivity index (χ1n) is 7.13. The lowest BCUT2D eigenvalue weighted by atomic mass is 9.93. The molecule has 1 heterocycles. The Bertz CT molecular complexity index is 468. The summed E-state index contributed by atoms with van der Waals surface area (Å²) >= 11 is 0. The molecule has 1 atom stereocenters. The normalized spacial score (nSPS) is 22.9. The van der Waals surface area contributed by atoms with Gasteiger partial charge in [-0.05, 0) is 37.0 Å². The van der Waals surface area contributed by atoms with Crippen LogP contribution in [0.25, 0.3) is 0 Å². The molecule has 1 saturated heterocycles. The molecule has 2 rings (SSSR count). The summed E-state index contributed by atoms with van der Waals surface area (Å²) in [5, 5.41) is 12.5. The minimum absolute atomic E-state index is 0.408. The highest BCUT2D eigenvalue weighted by Crippen LogP contribution is 2.20. The fraction of sp³-hybridized carbons (Fsp3) is 0.562. The van der Waals surface area contributed by atoms with Crippen LogP contribution >= 0.6 is 0 Å². The molecule has 0 radical (unpaired) electrons. The van der Waals surface area contributed by atoms with Crippen LogP contribution in [0.2, 0.25) is 0 Å². The maximum Gasteiger partial charge on any atom is 0.0627 e. The summed E-state index contributed by atoms with van der Waals surface area (Å²) in [6.45, 7) is 9.47. The van der Waals surface area contributed by atoms with Gasteiger partial charge in [-0.3, -0.25) is 4.90 Å². The molecule has 1 aliphatic rings. The fourth-order valence-corrected chi connectivity index (χ4v) is 2.79. The first kappa shape index (κ1) is 14.1. The average molecular weight is 260 g/mol. The molecule has 1 fully saturated rings. The second-order valence-electron chi connectivity index (χ2n) is 5.60. The van der Waals surface area contributed by atoms with Crippen LogP contribution in [0.1, 0.15) is 36.5 Å². The van der Waals surface area contributed by atoms with Gasteiger partial charge in [-0.15, -0.1) is 0 Å². The highest BCUT2D eigenvalue weighted by atomic mass is 16.4. The van der Waals surface area contributed by atoms with Crippen molar-refractivity contribution < 1.29 is 5.21 Å². The van der Waals surface area contributed by atoms with Crippen LogP contribution < -0.4 is 0 Å². The number of hydrogen-bond donors (Lipinski definition) is 1. The Morgan fingerprint density at radius 1 is 1.32 bits per heavy atom.